The average molecular weight is 352 g/mol. The van der Waals surface area contributed by atoms with Crippen LogP contribution in [0.5, 0.6) is 0 Å². The first-order chi connectivity index (χ1) is 11.8. The van der Waals surface area contributed by atoms with E-state index in [0.717, 1.165) is 5.92 Å². The Morgan fingerprint density at radius 3 is 2.36 bits per heavy atom. The number of benzene rings is 1. The van der Waals surface area contributed by atoms with Crippen LogP contribution >= 0.6 is 0 Å². The van der Waals surface area contributed by atoms with E-state index in [9.17, 15) is 0 Å². The molecule has 25 heavy (non-hydrogen) atoms. The van der Waals surface area contributed by atoms with E-state index in [1.807, 2.05) is 0 Å². The zero-order valence-corrected chi connectivity index (χ0v) is 17.7. The van der Waals surface area contributed by atoms with Crippen molar-refractivity contribution in [2.24, 2.45) is 0 Å². The zero-order chi connectivity index (χ0) is 18.2. The fourth-order valence-electron chi connectivity index (χ4n) is 4.37. The van der Waals surface area contributed by atoms with Crippen molar-refractivity contribution >= 4 is 14.8 Å². The molecule has 1 aliphatic heterocycles. The fourth-order valence-corrected chi connectivity index (χ4v) is 6.17. The predicted octanol–water partition coefficient (Wildman–Crippen LogP) is 6.36. The molecule has 1 aromatic carbocycles. The standard InChI is InChI=1S/C23H33NSi/c1-17-14-20(19-10-8-7-9-11-19)12-13-21(17)22-15-18(2)23(16-24(22)3)25(4,5)6/h12-16,19H,3,7-11H2,1-2,4-6H3. The lowest BCUT2D eigenvalue weighted by Gasteiger charge is -2.30. The molecule has 0 spiro atoms. The number of aryl methyl sites for hydroxylation is 1. The Labute approximate surface area is 155 Å². The molecule has 0 saturated heterocycles. The van der Waals surface area contributed by atoms with Crippen molar-refractivity contribution < 1.29 is 4.58 Å². The minimum Gasteiger partial charge on any atom is -0.255 e. The number of rotatable bonds is 3. The first-order valence-electron chi connectivity index (χ1n) is 9.76. The largest absolute Gasteiger partial charge is 0.255 e. The first kappa shape index (κ1) is 18.3. The highest BCUT2D eigenvalue weighted by Crippen LogP contribution is 2.36. The second-order valence-electron chi connectivity index (χ2n) is 8.88. The van der Waals surface area contributed by atoms with E-state index in [4.69, 9.17) is 0 Å². The Balaban J connectivity index is 1.88. The Kier molecular flexibility index (Phi) is 5.10. The van der Waals surface area contributed by atoms with Crippen LogP contribution in [0.1, 0.15) is 61.6 Å². The van der Waals surface area contributed by atoms with Gasteiger partial charge in [0.2, 0.25) is 0 Å². The van der Waals surface area contributed by atoms with E-state index in [1.165, 1.54) is 65.6 Å². The van der Waals surface area contributed by atoms with E-state index in [-0.39, 0.29) is 0 Å². The fraction of sp³-hybridized carbons (Fsp3) is 0.478. The summed E-state index contributed by atoms with van der Waals surface area (Å²) < 4.78 is 2.09. The average Bonchev–Trinajstić information content (AvgIpc) is 2.56. The van der Waals surface area contributed by atoms with Gasteiger partial charge >= 0.3 is 0 Å². The Morgan fingerprint density at radius 1 is 1.08 bits per heavy atom. The van der Waals surface area contributed by atoms with Crippen LogP contribution in [0, 0.1) is 13.0 Å². The van der Waals surface area contributed by atoms with Gasteiger partial charge in [-0.3, -0.25) is 4.58 Å². The van der Waals surface area contributed by atoms with E-state index >= 15 is 0 Å². The monoisotopic (exact) mass is 351 g/mol. The highest BCUT2D eigenvalue weighted by atomic mass is 28.3. The van der Waals surface area contributed by atoms with Gasteiger partial charge in [0.05, 0.1) is 14.8 Å². The van der Waals surface area contributed by atoms with E-state index in [1.54, 1.807) is 0 Å². The van der Waals surface area contributed by atoms with Gasteiger partial charge in [-0.2, -0.15) is 0 Å². The molecule has 2 aliphatic rings. The maximum atomic E-state index is 4.30. The van der Waals surface area contributed by atoms with Crippen molar-refractivity contribution in [3.63, 3.8) is 0 Å². The van der Waals surface area contributed by atoms with Gasteiger partial charge in [-0.25, -0.2) is 0 Å². The van der Waals surface area contributed by atoms with Crippen molar-refractivity contribution in [2.75, 3.05) is 0 Å². The molecule has 1 nitrogen and oxygen atoms in total. The first-order valence-corrected chi connectivity index (χ1v) is 13.3. The predicted molar refractivity (Wildman–Crippen MR) is 112 cm³/mol. The Hall–Kier alpha value is -1.54. The summed E-state index contributed by atoms with van der Waals surface area (Å²) in [4.78, 5) is 0. The maximum Gasteiger partial charge on any atom is 0.147 e. The van der Waals surface area contributed by atoms with Crippen molar-refractivity contribution in [3.8, 4) is 0 Å². The second-order valence-corrected chi connectivity index (χ2v) is 13.9. The summed E-state index contributed by atoms with van der Waals surface area (Å²) in [5.74, 6) is 0.768. The van der Waals surface area contributed by atoms with Crippen molar-refractivity contribution in [1.82, 2.24) is 0 Å². The van der Waals surface area contributed by atoms with Gasteiger partial charge in [-0.15, -0.1) is 6.07 Å². The van der Waals surface area contributed by atoms with Crippen molar-refractivity contribution in [2.45, 2.75) is 71.5 Å². The summed E-state index contributed by atoms with van der Waals surface area (Å²) >= 11 is 0. The maximum absolute atomic E-state index is 4.30. The summed E-state index contributed by atoms with van der Waals surface area (Å²) in [5, 5.41) is 1.50. The second kappa shape index (κ2) is 6.99. The molecular weight excluding hydrogens is 318 g/mol. The van der Waals surface area contributed by atoms with Crippen LogP contribution < -0.4 is 0 Å². The normalized spacial score (nSPS) is 19.7. The molecule has 1 fully saturated rings. The van der Waals surface area contributed by atoms with Crippen LogP contribution in [0.15, 0.2) is 41.2 Å². The highest BCUT2D eigenvalue weighted by Gasteiger charge is 2.28. The summed E-state index contributed by atoms with van der Waals surface area (Å²) in [6, 6.07) is 8.34. The summed E-state index contributed by atoms with van der Waals surface area (Å²) in [7, 11) is -1.34. The molecular formula is C23H33NSi. The van der Waals surface area contributed by atoms with Gasteiger partial charge in [0.1, 0.15) is 12.2 Å². The van der Waals surface area contributed by atoms with Gasteiger partial charge < -0.3 is 0 Å². The molecule has 0 atom stereocenters. The topological polar surface area (TPSA) is 3.01 Å². The lowest BCUT2D eigenvalue weighted by Crippen LogP contribution is -2.30. The summed E-state index contributed by atoms with van der Waals surface area (Å²) in [6.07, 6.45) is 11.5. The minimum absolute atomic E-state index is 0.768. The van der Waals surface area contributed by atoms with Crippen molar-refractivity contribution in [1.29, 1.82) is 0 Å². The molecule has 3 rings (SSSR count). The van der Waals surface area contributed by atoms with Gasteiger partial charge in [-0.05, 0) is 35.6 Å². The quantitative estimate of drug-likeness (QED) is 0.339. The molecule has 1 aromatic rings. The summed E-state index contributed by atoms with van der Waals surface area (Å²) in [5.41, 5.74) is 5.64. The van der Waals surface area contributed by atoms with Crippen LogP contribution in [-0.2, 0) is 0 Å². The van der Waals surface area contributed by atoms with Crippen LogP contribution in [0.2, 0.25) is 19.6 Å². The van der Waals surface area contributed by atoms with Gasteiger partial charge in [0.25, 0.3) is 0 Å². The molecule has 0 unspecified atom stereocenters. The number of allylic oxidation sites excluding steroid dienone is 2. The SMILES string of the molecule is C=[N+]1C=C([Si](C)(C)C)C(C)=C[C-]1c1ccc(C2CCCCC2)cc1C. The van der Waals surface area contributed by atoms with E-state index in [0.29, 0.717) is 0 Å². The number of hydrogen-bond donors (Lipinski definition) is 0. The van der Waals surface area contributed by atoms with Crippen LogP contribution in [-0.4, -0.2) is 19.4 Å². The molecule has 1 saturated carbocycles. The molecule has 0 aromatic heterocycles. The molecule has 0 radical (unpaired) electrons. The molecule has 134 valence electrons. The van der Waals surface area contributed by atoms with Gasteiger partial charge in [0.15, 0.2) is 0 Å². The van der Waals surface area contributed by atoms with Crippen molar-refractivity contribution in [3.05, 3.63) is 64.0 Å². The highest BCUT2D eigenvalue weighted by molar-refractivity contribution is 6.84. The van der Waals surface area contributed by atoms with Crippen LogP contribution in [0.25, 0.3) is 0 Å². The molecule has 0 amide bonds. The van der Waals surface area contributed by atoms with Crippen LogP contribution in [0.3, 0.4) is 0 Å². The third-order valence-electron chi connectivity index (χ3n) is 5.78. The van der Waals surface area contributed by atoms with E-state index < -0.39 is 8.07 Å². The lowest BCUT2D eigenvalue weighted by molar-refractivity contribution is -0.418. The van der Waals surface area contributed by atoms with Crippen LogP contribution in [0.4, 0.5) is 0 Å². The number of nitrogens with zero attached hydrogens (tertiary/aromatic N) is 1. The smallest absolute Gasteiger partial charge is 0.147 e. The molecule has 1 aliphatic carbocycles. The molecule has 1 heterocycles. The minimum atomic E-state index is -1.34. The number of hydrogen-bond acceptors (Lipinski definition) is 0. The Bertz CT molecular complexity index is 727. The van der Waals surface area contributed by atoms with Gasteiger partial charge in [0, 0.05) is 0 Å². The summed E-state index contributed by atoms with van der Waals surface area (Å²) in [6.45, 7) is 16.0. The zero-order valence-electron chi connectivity index (χ0n) is 16.7. The lowest BCUT2D eigenvalue weighted by atomic mass is 9.82. The molecule has 2 heteroatoms. The molecule has 0 bridgehead atoms. The molecule has 0 N–H and O–H groups in total. The third-order valence-corrected chi connectivity index (χ3v) is 7.92. The van der Waals surface area contributed by atoms with Gasteiger partial charge in [-0.1, -0.05) is 81.6 Å². The van der Waals surface area contributed by atoms with E-state index in [2.05, 4.69) is 75.3 Å². The Morgan fingerprint density at radius 2 is 1.76 bits per heavy atom. The third kappa shape index (κ3) is 3.84.